The van der Waals surface area contributed by atoms with Gasteiger partial charge in [-0.15, -0.1) is 9.24 Å². The normalized spacial score (nSPS) is 10.6. The van der Waals surface area contributed by atoms with Gasteiger partial charge in [0.15, 0.2) is 11.5 Å². The van der Waals surface area contributed by atoms with E-state index < -0.39 is 0 Å². The van der Waals surface area contributed by atoms with Crippen LogP contribution in [0, 0.1) is 6.92 Å². The lowest BCUT2D eigenvalue weighted by Gasteiger charge is -2.13. The van der Waals surface area contributed by atoms with E-state index in [9.17, 15) is 0 Å². The average Bonchev–Trinajstić information content (AvgIpc) is 2.56. The van der Waals surface area contributed by atoms with Gasteiger partial charge in [-0.05, 0) is 31.2 Å². The third kappa shape index (κ3) is 3.08. The van der Waals surface area contributed by atoms with Crippen LogP contribution in [0.3, 0.4) is 0 Å². The number of fused-ring (bicyclic) bond motifs is 1. The fourth-order valence-electron chi connectivity index (χ4n) is 2.42. The lowest BCUT2D eigenvalue weighted by atomic mass is 10.1. The first-order valence-corrected chi connectivity index (χ1v) is 7.75. The maximum atomic E-state index is 6.09. The van der Waals surface area contributed by atoms with Gasteiger partial charge in [-0.2, -0.15) is 0 Å². The molecule has 1 heterocycles. The van der Waals surface area contributed by atoms with Gasteiger partial charge in [0.05, 0.1) is 19.7 Å². The van der Waals surface area contributed by atoms with Crippen molar-refractivity contribution in [1.82, 2.24) is 4.98 Å². The second kappa shape index (κ2) is 6.43. The number of benzene rings is 2. The fraction of sp³-hybridized carbons (Fsp3) is 0.167. The van der Waals surface area contributed by atoms with Crippen molar-refractivity contribution >= 4 is 25.4 Å². The predicted molar refractivity (Wildman–Crippen MR) is 95.4 cm³/mol. The van der Waals surface area contributed by atoms with Crippen molar-refractivity contribution in [2.75, 3.05) is 14.2 Å². The molecule has 0 radical (unpaired) electrons. The molecule has 4 nitrogen and oxygen atoms in total. The smallest absolute Gasteiger partial charge is 0.162 e. The Morgan fingerprint density at radius 3 is 2.30 bits per heavy atom. The molecule has 2 aromatic carbocycles. The zero-order chi connectivity index (χ0) is 16.4. The van der Waals surface area contributed by atoms with Crippen LogP contribution in [0.1, 0.15) is 5.56 Å². The number of rotatable bonds is 4. The van der Waals surface area contributed by atoms with Gasteiger partial charge >= 0.3 is 0 Å². The second-order valence-corrected chi connectivity index (χ2v) is 5.80. The number of aryl methyl sites for hydroxylation is 1. The summed E-state index contributed by atoms with van der Waals surface area (Å²) in [4.78, 5) is 4.38. The average molecular weight is 327 g/mol. The minimum Gasteiger partial charge on any atom is -0.493 e. The summed E-state index contributed by atoms with van der Waals surface area (Å²) in [7, 11) is 5.92. The van der Waals surface area contributed by atoms with Gasteiger partial charge in [-0.1, -0.05) is 11.6 Å². The molecule has 118 valence electrons. The highest BCUT2D eigenvalue weighted by atomic mass is 31.0. The summed E-state index contributed by atoms with van der Waals surface area (Å²) in [6.07, 6.45) is 1.72. The SMILES string of the molecule is COc1cc2nccc(Oc3ccc(C)cc3P)c2cc1OC. The van der Waals surface area contributed by atoms with Crippen LogP contribution in [0.4, 0.5) is 0 Å². The maximum Gasteiger partial charge on any atom is 0.162 e. The van der Waals surface area contributed by atoms with Crippen molar-refractivity contribution < 1.29 is 14.2 Å². The third-order valence-corrected chi connectivity index (χ3v) is 4.04. The quantitative estimate of drug-likeness (QED) is 0.683. The molecule has 0 amide bonds. The van der Waals surface area contributed by atoms with Gasteiger partial charge in [-0.25, -0.2) is 0 Å². The topological polar surface area (TPSA) is 40.6 Å². The summed E-state index contributed by atoms with van der Waals surface area (Å²) in [5, 5.41) is 1.88. The van der Waals surface area contributed by atoms with Gasteiger partial charge in [0, 0.05) is 23.0 Å². The van der Waals surface area contributed by atoms with E-state index in [4.69, 9.17) is 14.2 Å². The molecular formula is C18H18NO3P. The van der Waals surface area contributed by atoms with E-state index in [0.717, 1.165) is 27.7 Å². The highest BCUT2D eigenvalue weighted by molar-refractivity contribution is 7.27. The molecule has 0 aliphatic carbocycles. The molecule has 0 spiro atoms. The molecule has 3 rings (SSSR count). The standard InChI is InChI=1S/C18H18NO3P/c1-11-4-5-15(18(23)8-11)22-14-6-7-19-13-10-17(21-3)16(20-2)9-12(13)14/h4-10H,23H2,1-3H3. The van der Waals surface area contributed by atoms with Crippen LogP contribution in [0.25, 0.3) is 10.9 Å². The van der Waals surface area contributed by atoms with E-state index in [1.165, 1.54) is 5.56 Å². The van der Waals surface area contributed by atoms with Gasteiger partial charge < -0.3 is 14.2 Å². The number of pyridine rings is 1. The molecule has 0 saturated carbocycles. The Bertz CT molecular complexity index is 864. The summed E-state index contributed by atoms with van der Waals surface area (Å²) in [6.45, 7) is 2.05. The number of hydrogen-bond donors (Lipinski definition) is 0. The summed E-state index contributed by atoms with van der Waals surface area (Å²) in [6, 6.07) is 11.6. The van der Waals surface area contributed by atoms with Crippen LogP contribution in [0.2, 0.25) is 0 Å². The first kappa shape index (κ1) is 15.6. The fourth-order valence-corrected chi connectivity index (χ4v) is 2.83. The second-order valence-electron chi connectivity index (χ2n) is 5.18. The molecule has 1 unspecified atom stereocenters. The van der Waals surface area contributed by atoms with Crippen LogP contribution in [0.5, 0.6) is 23.0 Å². The Morgan fingerprint density at radius 1 is 0.870 bits per heavy atom. The van der Waals surface area contributed by atoms with E-state index >= 15 is 0 Å². The number of nitrogens with zero attached hydrogens (tertiary/aromatic N) is 1. The number of ether oxygens (including phenoxy) is 3. The van der Waals surface area contributed by atoms with Crippen LogP contribution < -0.4 is 19.5 Å². The summed E-state index contributed by atoms with van der Waals surface area (Å²) in [5.41, 5.74) is 1.98. The van der Waals surface area contributed by atoms with Crippen molar-refractivity contribution in [3.63, 3.8) is 0 Å². The first-order valence-electron chi connectivity index (χ1n) is 7.17. The van der Waals surface area contributed by atoms with Crippen molar-refractivity contribution in [3.05, 3.63) is 48.2 Å². The van der Waals surface area contributed by atoms with Crippen LogP contribution >= 0.6 is 9.24 Å². The molecule has 0 N–H and O–H groups in total. The highest BCUT2D eigenvalue weighted by Crippen LogP contribution is 2.36. The minimum absolute atomic E-state index is 0.645. The van der Waals surface area contributed by atoms with E-state index in [2.05, 4.69) is 27.2 Å². The number of methoxy groups -OCH3 is 2. The molecule has 3 aromatic rings. The van der Waals surface area contributed by atoms with Gasteiger partial charge in [0.25, 0.3) is 0 Å². The van der Waals surface area contributed by atoms with Gasteiger partial charge in [0.2, 0.25) is 0 Å². The van der Waals surface area contributed by atoms with Crippen molar-refractivity contribution in [3.8, 4) is 23.0 Å². The molecule has 0 fully saturated rings. The van der Waals surface area contributed by atoms with Crippen molar-refractivity contribution in [2.24, 2.45) is 0 Å². The molecule has 5 heteroatoms. The van der Waals surface area contributed by atoms with E-state index in [1.54, 1.807) is 20.4 Å². The van der Waals surface area contributed by atoms with Gasteiger partial charge in [0.1, 0.15) is 11.5 Å². The zero-order valence-electron chi connectivity index (χ0n) is 13.3. The molecule has 0 saturated heterocycles. The molecule has 1 aromatic heterocycles. The monoisotopic (exact) mass is 327 g/mol. The highest BCUT2D eigenvalue weighted by Gasteiger charge is 2.12. The van der Waals surface area contributed by atoms with E-state index in [-0.39, 0.29) is 0 Å². The molecule has 0 aliphatic heterocycles. The lowest BCUT2D eigenvalue weighted by Crippen LogP contribution is -1.99. The van der Waals surface area contributed by atoms with Gasteiger partial charge in [-0.3, -0.25) is 4.98 Å². The summed E-state index contributed by atoms with van der Waals surface area (Å²) in [5.74, 6) is 2.81. The Kier molecular flexibility index (Phi) is 4.35. The molecule has 0 bridgehead atoms. The Labute approximate surface area is 137 Å². The third-order valence-electron chi connectivity index (χ3n) is 3.59. The van der Waals surface area contributed by atoms with Crippen molar-refractivity contribution in [2.45, 2.75) is 6.92 Å². The van der Waals surface area contributed by atoms with E-state index in [1.807, 2.05) is 30.3 Å². The molecular weight excluding hydrogens is 309 g/mol. The van der Waals surface area contributed by atoms with Crippen LogP contribution in [-0.2, 0) is 0 Å². The Balaban J connectivity index is 2.10. The largest absolute Gasteiger partial charge is 0.493 e. The minimum atomic E-state index is 0.645. The lowest BCUT2D eigenvalue weighted by molar-refractivity contribution is 0.355. The Hall–Kier alpha value is -2.32. The number of hydrogen-bond acceptors (Lipinski definition) is 4. The Morgan fingerprint density at radius 2 is 1.61 bits per heavy atom. The zero-order valence-corrected chi connectivity index (χ0v) is 14.4. The number of aromatic nitrogens is 1. The van der Waals surface area contributed by atoms with Crippen molar-refractivity contribution in [1.29, 1.82) is 0 Å². The molecule has 0 aliphatic rings. The summed E-state index contributed by atoms with van der Waals surface area (Å²) >= 11 is 0. The van der Waals surface area contributed by atoms with E-state index in [0.29, 0.717) is 11.5 Å². The summed E-state index contributed by atoms with van der Waals surface area (Å²) < 4.78 is 16.8. The van der Waals surface area contributed by atoms with Crippen LogP contribution in [-0.4, -0.2) is 19.2 Å². The maximum absolute atomic E-state index is 6.09. The molecule has 1 atom stereocenters. The predicted octanol–water partition coefficient (Wildman–Crippen LogP) is 3.85. The molecule has 23 heavy (non-hydrogen) atoms. The van der Waals surface area contributed by atoms with Crippen LogP contribution in [0.15, 0.2) is 42.6 Å². The first-order chi connectivity index (χ1) is 11.1.